The maximum Gasteiger partial charge on any atom is 0.275 e. The molecule has 1 aromatic heterocycles. The van der Waals surface area contributed by atoms with E-state index in [9.17, 15) is 14.9 Å². The minimum absolute atomic E-state index is 0.00399. The second-order valence-electron chi connectivity index (χ2n) is 4.87. The van der Waals surface area contributed by atoms with Gasteiger partial charge in [-0.25, -0.2) is 9.98 Å². The highest BCUT2D eigenvalue weighted by Crippen LogP contribution is 2.32. The smallest absolute Gasteiger partial charge is 0.275 e. The fraction of sp³-hybridized carbons (Fsp3) is 0. The van der Waals surface area contributed by atoms with Gasteiger partial charge in [-0.05, 0) is 12.1 Å². The molecule has 8 heteroatoms. The molecule has 0 radical (unpaired) electrons. The number of anilines is 1. The van der Waals surface area contributed by atoms with Gasteiger partial charge in [0.1, 0.15) is 5.71 Å². The third-order valence-electron chi connectivity index (χ3n) is 3.42. The summed E-state index contributed by atoms with van der Waals surface area (Å²) in [7, 11) is 0. The highest BCUT2D eigenvalue weighted by atomic mass is 32.1. The van der Waals surface area contributed by atoms with Crippen LogP contribution in [0, 0.1) is 10.1 Å². The highest BCUT2D eigenvalue weighted by molar-refractivity contribution is 7.22. The number of thiazole rings is 1. The first-order valence-electron chi connectivity index (χ1n) is 6.66. The molecular weight excluding hydrogens is 316 g/mol. The van der Waals surface area contributed by atoms with Gasteiger partial charge in [-0.2, -0.15) is 0 Å². The van der Waals surface area contributed by atoms with E-state index in [4.69, 9.17) is 0 Å². The van der Waals surface area contributed by atoms with E-state index in [2.05, 4.69) is 15.3 Å². The van der Waals surface area contributed by atoms with E-state index in [1.54, 1.807) is 12.1 Å². The van der Waals surface area contributed by atoms with Gasteiger partial charge in [0.2, 0.25) is 5.13 Å². The average Bonchev–Trinajstić information content (AvgIpc) is 3.07. The number of hydrogen-bond donors (Lipinski definition) is 1. The Morgan fingerprint density at radius 3 is 2.87 bits per heavy atom. The number of aromatic nitrogens is 1. The van der Waals surface area contributed by atoms with Gasteiger partial charge in [0, 0.05) is 17.7 Å². The van der Waals surface area contributed by atoms with Crippen LogP contribution in [-0.2, 0) is 4.79 Å². The Balaban J connectivity index is 1.81. The lowest BCUT2D eigenvalue weighted by Gasteiger charge is -1.94. The van der Waals surface area contributed by atoms with E-state index in [0.717, 1.165) is 5.56 Å². The first-order chi connectivity index (χ1) is 11.1. The van der Waals surface area contributed by atoms with Crippen molar-refractivity contribution in [3.05, 3.63) is 58.1 Å². The van der Waals surface area contributed by atoms with E-state index in [1.165, 1.54) is 23.5 Å². The molecule has 0 unspecified atom stereocenters. The van der Waals surface area contributed by atoms with Crippen molar-refractivity contribution in [2.75, 3.05) is 5.32 Å². The number of nitro groups is 1. The largest absolute Gasteiger partial charge is 0.320 e. The summed E-state index contributed by atoms with van der Waals surface area (Å²) in [6.07, 6.45) is 0. The Morgan fingerprint density at radius 2 is 2.04 bits per heavy atom. The van der Waals surface area contributed by atoms with Crippen LogP contribution in [0.25, 0.3) is 10.2 Å². The second-order valence-corrected chi connectivity index (χ2v) is 5.87. The van der Waals surface area contributed by atoms with Crippen molar-refractivity contribution in [2.24, 2.45) is 4.99 Å². The third kappa shape index (κ3) is 2.25. The normalized spacial score (nSPS) is 15.0. The summed E-state index contributed by atoms with van der Waals surface area (Å²) in [6.45, 7) is 0. The first kappa shape index (κ1) is 13.5. The van der Waals surface area contributed by atoms with Gasteiger partial charge in [-0.15, -0.1) is 0 Å². The number of fused-ring (bicyclic) bond motifs is 2. The number of rotatable bonds is 2. The number of amides is 1. The highest BCUT2D eigenvalue weighted by Gasteiger charge is 2.25. The number of carbonyl (C=O) groups is 1. The van der Waals surface area contributed by atoms with Crippen LogP contribution >= 0.6 is 11.3 Å². The van der Waals surface area contributed by atoms with Gasteiger partial charge in [-0.3, -0.25) is 14.9 Å². The van der Waals surface area contributed by atoms with Crippen LogP contribution in [0.4, 0.5) is 16.5 Å². The number of hydrogen-bond acceptors (Lipinski definition) is 6. The van der Waals surface area contributed by atoms with E-state index in [0.29, 0.717) is 26.7 Å². The molecule has 1 N–H and O–H groups in total. The molecule has 1 aliphatic rings. The van der Waals surface area contributed by atoms with Gasteiger partial charge in [0.05, 0.1) is 20.8 Å². The number of nitro benzene ring substituents is 1. The maximum atomic E-state index is 12.0. The summed E-state index contributed by atoms with van der Waals surface area (Å²) < 4.78 is 0.658. The molecule has 1 amide bonds. The monoisotopic (exact) mass is 324 g/mol. The summed E-state index contributed by atoms with van der Waals surface area (Å²) in [5.41, 5.74) is 2.36. The molecule has 2 heterocycles. The summed E-state index contributed by atoms with van der Waals surface area (Å²) in [5.74, 6) is -0.281. The van der Waals surface area contributed by atoms with Crippen LogP contribution in [0.3, 0.4) is 0 Å². The quantitative estimate of drug-likeness (QED) is 0.578. The molecule has 0 bridgehead atoms. The Kier molecular flexibility index (Phi) is 2.91. The summed E-state index contributed by atoms with van der Waals surface area (Å²) in [6, 6.07) is 11.7. The zero-order valence-electron chi connectivity index (χ0n) is 11.5. The van der Waals surface area contributed by atoms with Crippen molar-refractivity contribution in [3.8, 4) is 0 Å². The van der Waals surface area contributed by atoms with Gasteiger partial charge in [-0.1, -0.05) is 29.5 Å². The Bertz CT molecular complexity index is 1010. The molecular formula is C15H8N4O3S. The average molecular weight is 324 g/mol. The number of nitrogens with zero attached hydrogens (tertiary/aromatic N) is 3. The molecule has 112 valence electrons. The molecule has 0 fully saturated rings. The lowest BCUT2D eigenvalue weighted by atomic mass is 10.1. The first-order valence-corrected chi connectivity index (χ1v) is 7.48. The summed E-state index contributed by atoms with van der Waals surface area (Å²) in [4.78, 5) is 31.1. The topological polar surface area (TPSA) is 97.5 Å². The number of carbonyl (C=O) groups excluding carboxylic acids is 1. The zero-order valence-corrected chi connectivity index (χ0v) is 12.3. The van der Waals surface area contributed by atoms with Crippen LogP contribution in [0.2, 0.25) is 0 Å². The van der Waals surface area contributed by atoms with E-state index in [1.807, 2.05) is 18.2 Å². The van der Waals surface area contributed by atoms with Gasteiger partial charge >= 0.3 is 0 Å². The number of benzene rings is 2. The van der Waals surface area contributed by atoms with Gasteiger partial charge in [0.25, 0.3) is 11.6 Å². The maximum absolute atomic E-state index is 12.0. The standard InChI is InChI=1S/C15H8N4O3S/c20-14-13(9-3-1-2-4-10(9)16-14)18-15-17-11-6-5-8(19(21)22)7-12(11)23-15/h1-7H,(H,16,17,18,20). The van der Waals surface area contributed by atoms with Gasteiger partial charge in [0.15, 0.2) is 0 Å². The zero-order chi connectivity index (χ0) is 16.0. The Morgan fingerprint density at radius 1 is 1.22 bits per heavy atom. The molecule has 2 aromatic carbocycles. The number of nitrogens with one attached hydrogen (secondary N) is 1. The fourth-order valence-corrected chi connectivity index (χ4v) is 3.25. The van der Waals surface area contributed by atoms with Crippen LogP contribution in [0.1, 0.15) is 5.56 Å². The van der Waals surface area contributed by atoms with Crippen molar-refractivity contribution >= 4 is 49.7 Å². The van der Waals surface area contributed by atoms with Crippen LogP contribution in [0.15, 0.2) is 47.5 Å². The number of para-hydroxylation sites is 1. The van der Waals surface area contributed by atoms with E-state index < -0.39 is 4.92 Å². The van der Waals surface area contributed by atoms with Crippen molar-refractivity contribution in [1.29, 1.82) is 0 Å². The Labute approximate surface area is 133 Å². The molecule has 23 heavy (non-hydrogen) atoms. The second kappa shape index (κ2) is 4.96. The molecule has 3 aromatic rings. The molecule has 0 aliphatic carbocycles. The Hall–Kier alpha value is -3.13. The molecule has 0 atom stereocenters. The molecule has 0 spiro atoms. The van der Waals surface area contributed by atoms with Crippen LogP contribution < -0.4 is 5.32 Å². The summed E-state index contributed by atoms with van der Waals surface area (Å²) >= 11 is 1.21. The predicted octanol–water partition coefficient (Wildman–Crippen LogP) is 3.28. The predicted molar refractivity (Wildman–Crippen MR) is 87.5 cm³/mol. The lowest BCUT2D eigenvalue weighted by Crippen LogP contribution is -2.13. The molecule has 7 nitrogen and oxygen atoms in total. The van der Waals surface area contributed by atoms with Crippen molar-refractivity contribution in [2.45, 2.75) is 0 Å². The molecule has 0 saturated carbocycles. The van der Waals surface area contributed by atoms with Gasteiger partial charge < -0.3 is 5.32 Å². The minimum Gasteiger partial charge on any atom is -0.320 e. The molecule has 4 rings (SSSR count). The van der Waals surface area contributed by atoms with Crippen LogP contribution in [-0.4, -0.2) is 21.5 Å². The fourth-order valence-electron chi connectivity index (χ4n) is 2.37. The minimum atomic E-state index is -0.453. The van der Waals surface area contributed by atoms with Crippen molar-refractivity contribution in [3.63, 3.8) is 0 Å². The number of aliphatic imine (C=N–C) groups is 1. The SMILES string of the molecule is O=C1Nc2ccccc2/C1=N/c1nc2ccc([N+](=O)[O-])cc2s1. The number of non-ortho nitro benzene ring substituents is 1. The van der Waals surface area contributed by atoms with E-state index >= 15 is 0 Å². The molecule has 0 saturated heterocycles. The van der Waals surface area contributed by atoms with E-state index in [-0.39, 0.29) is 11.6 Å². The van der Waals surface area contributed by atoms with Crippen LogP contribution in [0.5, 0.6) is 0 Å². The third-order valence-corrected chi connectivity index (χ3v) is 4.34. The molecule has 1 aliphatic heterocycles. The lowest BCUT2D eigenvalue weighted by molar-refractivity contribution is -0.384. The van der Waals surface area contributed by atoms with Crippen molar-refractivity contribution < 1.29 is 9.72 Å². The summed E-state index contributed by atoms with van der Waals surface area (Å²) in [5, 5.41) is 14.0. The van der Waals surface area contributed by atoms with Crippen molar-refractivity contribution in [1.82, 2.24) is 4.98 Å².